The number of rotatable bonds is 5. The maximum Gasteiger partial charge on any atom is 0.241 e. The second kappa shape index (κ2) is 5.86. The summed E-state index contributed by atoms with van der Waals surface area (Å²) in [6.07, 6.45) is 3.11. The molecule has 5 nitrogen and oxygen atoms in total. The number of nitrogens with one attached hydrogen (secondary N) is 1. The molecule has 1 heterocycles. The third-order valence-corrected chi connectivity index (χ3v) is 2.25. The van der Waals surface area contributed by atoms with Crippen molar-refractivity contribution in [1.82, 2.24) is 9.97 Å². The Bertz CT molecular complexity index is 500. The molecule has 0 saturated heterocycles. The Morgan fingerprint density at radius 2 is 1.83 bits per heavy atom. The van der Waals surface area contributed by atoms with Gasteiger partial charge in [-0.1, -0.05) is 0 Å². The molecule has 0 atom stereocenters. The number of anilines is 1. The first kappa shape index (κ1) is 12.2. The fourth-order valence-electron chi connectivity index (χ4n) is 1.41. The number of aromatic nitrogens is 2. The third-order valence-electron chi connectivity index (χ3n) is 2.25. The van der Waals surface area contributed by atoms with Crippen LogP contribution >= 0.6 is 0 Å². The normalized spacial score (nSPS) is 9.89. The summed E-state index contributed by atoms with van der Waals surface area (Å²) in [7, 11) is 1.87. The molecule has 0 aliphatic heterocycles. The molecule has 0 aliphatic rings. The molecule has 2 rings (SSSR count). The van der Waals surface area contributed by atoms with Crippen LogP contribution in [-0.4, -0.2) is 23.6 Å². The van der Waals surface area contributed by atoms with Gasteiger partial charge in [0.2, 0.25) is 11.8 Å². The van der Waals surface area contributed by atoms with E-state index in [0.717, 1.165) is 5.69 Å². The highest BCUT2D eigenvalue weighted by Crippen LogP contribution is 2.22. The van der Waals surface area contributed by atoms with Crippen molar-refractivity contribution in [2.45, 2.75) is 6.92 Å². The molecular formula is C13H15N3O2. The molecule has 94 valence electrons. The summed E-state index contributed by atoms with van der Waals surface area (Å²) in [6.45, 7) is 2.45. The highest BCUT2D eigenvalue weighted by atomic mass is 16.5. The summed E-state index contributed by atoms with van der Waals surface area (Å²) in [5, 5.41) is 3.04. The van der Waals surface area contributed by atoms with Crippen LogP contribution in [0.5, 0.6) is 17.5 Å². The Morgan fingerprint density at radius 3 is 2.50 bits per heavy atom. The summed E-state index contributed by atoms with van der Waals surface area (Å²) >= 11 is 0. The van der Waals surface area contributed by atoms with Gasteiger partial charge in [-0.05, 0) is 31.2 Å². The van der Waals surface area contributed by atoms with Crippen molar-refractivity contribution in [3.05, 3.63) is 36.7 Å². The molecule has 0 bridgehead atoms. The van der Waals surface area contributed by atoms with Gasteiger partial charge in [0.25, 0.3) is 0 Å². The first-order chi connectivity index (χ1) is 8.81. The summed E-state index contributed by atoms with van der Waals surface area (Å²) in [5.41, 5.74) is 1.02. The van der Waals surface area contributed by atoms with Gasteiger partial charge in [-0.25, -0.2) is 0 Å². The van der Waals surface area contributed by atoms with Crippen LogP contribution in [0.1, 0.15) is 6.92 Å². The number of hydrogen-bond acceptors (Lipinski definition) is 5. The summed E-state index contributed by atoms with van der Waals surface area (Å²) in [6, 6.07) is 7.58. The molecule has 2 aromatic rings. The molecule has 0 spiro atoms. The summed E-state index contributed by atoms with van der Waals surface area (Å²) in [4.78, 5) is 8.19. The molecule has 18 heavy (non-hydrogen) atoms. The summed E-state index contributed by atoms with van der Waals surface area (Å²) < 4.78 is 10.8. The van der Waals surface area contributed by atoms with E-state index in [2.05, 4.69) is 15.3 Å². The van der Waals surface area contributed by atoms with Crippen molar-refractivity contribution >= 4 is 5.69 Å². The molecule has 0 fully saturated rings. The highest BCUT2D eigenvalue weighted by molar-refractivity contribution is 5.46. The van der Waals surface area contributed by atoms with E-state index in [0.29, 0.717) is 24.1 Å². The van der Waals surface area contributed by atoms with Crippen LogP contribution in [0.2, 0.25) is 0 Å². The zero-order chi connectivity index (χ0) is 12.8. The number of ether oxygens (including phenoxy) is 2. The zero-order valence-electron chi connectivity index (χ0n) is 10.4. The van der Waals surface area contributed by atoms with Gasteiger partial charge in [0.15, 0.2) is 0 Å². The van der Waals surface area contributed by atoms with Crippen molar-refractivity contribution in [2.24, 2.45) is 0 Å². The van der Waals surface area contributed by atoms with E-state index in [9.17, 15) is 0 Å². The van der Waals surface area contributed by atoms with Crippen LogP contribution in [-0.2, 0) is 0 Å². The van der Waals surface area contributed by atoms with Crippen LogP contribution in [0.25, 0.3) is 0 Å². The highest BCUT2D eigenvalue weighted by Gasteiger charge is 2.02. The van der Waals surface area contributed by atoms with Crippen LogP contribution < -0.4 is 14.8 Å². The fraction of sp³-hybridized carbons (Fsp3) is 0.231. The van der Waals surface area contributed by atoms with Crippen molar-refractivity contribution in [3.8, 4) is 17.5 Å². The van der Waals surface area contributed by atoms with Gasteiger partial charge in [-0.3, -0.25) is 4.98 Å². The van der Waals surface area contributed by atoms with Crippen molar-refractivity contribution in [2.75, 3.05) is 19.0 Å². The van der Waals surface area contributed by atoms with Crippen LogP contribution in [0.15, 0.2) is 36.7 Å². The number of nitrogens with zero attached hydrogens (tertiary/aromatic N) is 2. The zero-order valence-corrected chi connectivity index (χ0v) is 10.4. The lowest BCUT2D eigenvalue weighted by Crippen LogP contribution is -1.97. The largest absolute Gasteiger partial charge is 0.477 e. The molecule has 0 radical (unpaired) electrons. The molecule has 1 aromatic heterocycles. The van der Waals surface area contributed by atoms with E-state index in [1.165, 1.54) is 0 Å². The first-order valence-corrected chi connectivity index (χ1v) is 5.72. The lowest BCUT2D eigenvalue weighted by atomic mass is 10.3. The van der Waals surface area contributed by atoms with E-state index < -0.39 is 0 Å². The molecule has 1 N–H and O–H groups in total. The van der Waals surface area contributed by atoms with Crippen molar-refractivity contribution < 1.29 is 9.47 Å². The van der Waals surface area contributed by atoms with Gasteiger partial charge < -0.3 is 14.8 Å². The Kier molecular flexibility index (Phi) is 3.96. The van der Waals surface area contributed by atoms with E-state index >= 15 is 0 Å². The summed E-state index contributed by atoms with van der Waals surface area (Å²) in [5.74, 6) is 1.58. The van der Waals surface area contributed by atoms with Crippen LogP contribution in [0.3, 0.4) is 0 Å². The maximum atomic E-state index is 5.58. The quantitative estimate of drug-likeness (QED) is 0.877. The van der Waals surface area contributed by atoms with Crippen LogP contribution in [0, 0.1) is 0 Å². The molecular weight excluding hydrogens is 230 g/mol. The van der Waals surface area contributed by atoms with Crippen molar-refractivity contribution in [3.63, 3.8) is 0 Å². The van der Waals surface area contributed by atoms with Gasteiger partial charge in [-0.2, -0.15) is 4.98 Å². The Hall–Kier alpha value is -2.30. The average Bonchev–Trinajstić information content (AvgIpc) is 2.40. The molecule has 0 aliphatic carbocycles. The monoisotopic (exact) mass is 245 g/mol. The van der Waals surface area contributed by atoms with Crippen LogP contribution in [0.4, 0.5) is 5.69 Å². The van der Waals surface area contributed by atoms with Gasteiger partial charge in [0.1, 0.15) is 5.75 Å². The average molecular weight is 245 g/mol. The lowest BCUT2D eigenvalue weighted by molar-refractivity contribution is 0.319. The Morgan fingerprint density at radius 1 is 1.11 bits per heavy atom. The third kappa shape index (κ3) is 3.10. The van der Waals surface area contributed by atoms with E-state index in [4.69, 9.17) is 9.47 Å². The topological polar surface area (TPSA) is 56.3 Å². The van der Waals surface area contributed by atoms with Gasteiger partial charge in [0, 0.05) is 12.7 Å². The number of benzene rings is 1. The number of hydrogen-bond donors (Lipinski definition) is 1. The Balaban J connectivity index is 2.09. The molecule has 5 heteroatoms. The predicted molar refractivity (Wildman–Crippen MR) is 69.3 cm³/mol. The SMILES string of the molecule is CCOc1cncc(Oc2ccc(NC)cc2)n1. The van der Waals surface area contributed by atoms with Gasteiger partial charge in [-0.15, -0.1) is 0 Å². The van der Waals surface area contributed by atoms with Crippen molar-refractivity contribution in [1.29, 1.82) is 0 Å². The predicted octanol–water partition coefficient (Wildman–Crippen LogP) is 2.71. The maximum absolute atomic E-state index is 5.58. The van der Waals surface area contributed by atoms with Gasteiger partial charge in [0.05, 0.1) is 19.0 Å². The molecule has 0 amide bonds. The van der Waals surface area contributed by atoms with E-state index in [1.54, 1.807) is 12.4 Å². The molecule has 0 saturated carbocycles. The minimum absolute atomic E-state index is 0.415. The van der Waals surface area contributed by atoms with E-state index in [1.807, 2.05) is 38.2 Å². The fourth-order valence-corrected chi connectivity index (χ4v) is 1.41. The molecule has 0 unspecified atom stereocenters. The minimum Gasteiger partial charge on any atom is -0.477 e. The smallest absolute Gasteiger partial charge is 0.241 e. The first-order valence-electron chi connectivity index (χ1n) is 5.72. The second-order valence-electron chi connectivity index (χ2n) is 3.51. The Labute approximate surface area is 106 Å². The second-order valence-corrected chi connectivity index (χ2v) is 3.51. The molecule has 1 aromatic carbocycles. The minimum atomic E-state index is 0.415. The van der Waals surface area contributed by atoms with Gasteiger partial charge >= 0.3 is 0 Å². The standard InChI is InChI=1S/C13H15N3O2/c1-3-17-12-8-15-9-13(16-12)18-11-6-4-10(14-2)5-7-11/h4-9,14H,3H2,1-2H3. The lowest BCUT2D eigenvalue weighted by Gasteiger charge is -2.07. The van der Waals surface area contributed by atoms with E-state index in [-0.39, 0.29) is 0 Å².